The first kappa shape index (κ1) is 30.4. The lowest BCUT2D eigenvalue weighted by molar-refractivity contribution is 0.668. The number of anilines is 3. The number of rotatable bonds is 6. The van der Waals surface area contributed by atoms with Gasteiger partial charge in [-0.3, -0.25) is 0 Å². The second-order valence-electron chi connectivity index (χ2n) is 14.0. The molecule has 0 amide bonds. The average Bonchev–Trinajstić information content (AvgIpc) is 3.61. The lowest BCUT2D eigenvalue weighted by Crippen LogP contribution is -2.12. The Morgan fingerprint density at radius 3 is 2.19 bits per heavy atom. The molecule has 1 heterocycles. The quantitative estimate of drug-likeness (QED) is 0.175. The Labute approximate surface area is 304 Å². The predicted octanol–water partition coefficient (Wildman–Crippen LogP) is 14.0. The normalized spacial score (nSPS) is 15.2. The van der Waals surface area contributed by atoms with E-state index in [0.29, 0.717) is 0 Å². The molecule has 52 heavy (non-hydrogen) atoms. The minimum atomic E-state index is 0.209. The Hall–Kier alpha value is -6.38. The van der Waals surface area contributed by atoms with Crippen LogP contribution in [0.25, 0.3) is 55.5 Å². The van der Waals surface area contributed by atoms with Gasteiger partial charge in [-0.05, 0) is 118 Å². The van der Waals surface area contributed by atoms with Crippen molar-refractivity contribution in [1.29, 1.82) is 0 Å². The number of hydrogen-bond donors (Lipinski definition) is 0. The molecule has 1 aromatic heterocycles. The van der Waals surface area contributed by atoms with Gasteiger partial charge in [0.2, 0.25) is 0 Å². The smallest absolute Gasteiger partial charge is 0.135 e. The molecular formula is C50H37NO. The maximum Gasteiger partial charge on any atom is 0.135 e. The molecule has 2 heteroatoms. The molecule has 0 saturated carbocycles. The molecule has 0 spiro atoms. The standard InChI is InChI=1S/C50H37NO/c1-3-11-34(12-4-1)36-21-25-41(26-22-36)51(42-27-23-35-13-7-8-16-39(35)31-42)43-28-29-44(46(33-43)37-14-5-2-6-15-37)40-20-19-38-24-30-49-50(47(38)32-40)45-17-9-10-18-48(45)52-49/h2-3,5-31,33,40H,1,4,32H2. The van der Waals surface area contributed by atoms with Crippen molar-refractivity contribution in [3.8, 4) is 11.1 Å². The largest absolute Gasteiger partial charge is 0.456 e. The fourth-order valence-electron chi connectivity index (χ4n) is 8.27. The first-order chi connectivity index (χ1) is 25.8. The van der Waals surface area contributed by atoms with Crippen molar-refractivity contribution >= 4 is 61.4 Å². The number of allylic oxidation sites excluding steroid dienone is 5. The minimum absolute atomic E-state index is 0.209. The molecule has 8 aromatic rings. The minimum Gasteiger partial charge on any atom is -0.456 e. The van der Waals surface area contributed by atoms with Crippen LogP contribution < -0.4 is 4.90 Å². The van der Waals surface area contributed by atoms with Crippen LogP contribution in [0.1, 0.15) is 41.0 Å². The molecule has 0 N–H and O–H groups in total. The van der Waals surface area contributed by atoms with Crippen molar-refractivity contribution in [2.24, 2.45) is 0 Å². The Morgan fingerprint density at radius 1 is 0.558 bits per heavy atom. The van der Waals surface area contributed by atoms with Gasteiger partial charge in [0.15, 0.2) is 0 Å². The topological polar surface area (TPSA) is 16.4 Å². The predicted molar refractivity (Wildman–Crippen MR) is 220 cm³/mol. The number of para-hydroxylation sites is 1. The fourth-order valence-corrected chi connectivity index (χ4v) is 8.27. The maximum atomic E-state index is 6.31. The van der Waals surface area contributed by atoms with Gasteiger partial charge in [0.1, 0.15) is 11.2 Å². The molecule has 0 radical (unpaired) electrons. The molecule has 0 fully saturated rings. The molecule has 7 aromatic carbocycles. The summed E-state index contributed by atoms with van der Waals surface area (Å²) < 4.78 is 6.31. The van der Waals surface area contributed by atoms with Crippen LogP contribution in [-0.4, -0.2) is 0 Å². The number of benzene rings is 7. The van der Waals surface area contributed by atoms with Crippen LogP contribution in [0.15, 0.2) is 180 Å². The zero-order chi connectivity index (χ0) is 34.4. The van der Waals surface area contributed by atoms with Crippen LogP contribution in [0, 0.1) is 0 Å². The number of fused-ring (bicyclic) bond motifs is 6. The summed E-state index contributed by atoms with van der Waals surface area (Å²) in [4.78, 5) is 2.41. The monoisotopic (exact) mass is 667 g/mol. The van der Waals surface area contributed by atoms with Gasteiger partial charge in [0, 0.05) is 33.8 Å². The summed E-state index contributed by atoms with van der Waals surface area (Å²) in [7, 11) is 0. The SMILES string of the molecule is C1=CC(c2ccc(N(c3ccc(C4C=Cc5ccc6oc7ccccc7c6c5C4)c(-c4ccccc4)c3)c3ccc4ccccc4c3)cc2)=CCC1. The second-order valence-corrected chi connectivity index (χ2v) is 14.0. The molecule has 248 valence electrons. The zero-order valence-electron chi connectivity index (χ0n) is 28.9. The third-order valence-corrected chi connectivity index (χ3v) is 10.8. The van der Waals surface area contributed by atoms with Crippen molar-refractivity contribution in [1.82, 2.24) is 0 Å². The third kappa shape index (κ3) is 5.36. The summed E-state index contributed by atoms with van der Waals surface area (Å²) in [6, 6.07) is 55.2. The van der Waals surface area contributed by atoms with Crippen molar-refractivity contribution < 1.29 is 4.42 Å². The molecular weight excluding hydrogens is 631 g/mol. The van der Waals surface area contributed by atoms with Gasteiger partial charge < -0.3 is 9.32 Å². The summed E-state index contributed by atoms with van der Waals surface area (Å²) in [5.41, 5.74) is 14.3. The Bertz CT molecular complexity index is 2710. The summed E-state index contributed by atoms with van der Waals surface area (Å²) >= 11 is 0. The molecule has 0 saturated heterocycles. The lowest BCUT2D eigenvalue weighted by atomic mass is 9.80. The van der Waals surface area contributed by atoms with Gasteiger partial charge in [-0.1, -0.05) is 134 Å². The van der Waals surface area contributed by atoms with E-state index in [1.165, 1.54) is 60.5 Å². The molecule has 0 bridgehead atoms. The second kappa shape index (κ2) is 12.7. The lowest BCUT2D eigenvalue weighted by Gasteiger charge is -2.29. The number of furan rings is 1. The molecule has 10 rings (SSSR count). The van der Waals surface area contributed by atoms with E-state index in [4.69, 9.17) is 4.42 Å². The van der Waals surface area contributed by atoms with E-state index in [-0.39, 0.29) is 5.92 Å². The van der Waals surface area contributed by atoms with Crippen LogP contribution in [0.4, 0.5) is 17.1 Å². The van der Waals surface area contributed by atoms with Crippen LogP contribution in [0.5, 0.6) is 0 Å². The number of hydrogen-bond acceptors (Lipinski definition) is 2. The van der Waals surface area contributed by atoms with Gasteiger partial charge in [-0.2, -0.15) is 0 Å². The summed E-state index contributed by atoms with van der Waals surface area (Å²) in [5.74, 6) is 0.209. The van der Waals surface area contributed by atoms with Crippen LogP contribution in [0.3, 0.4) is 0 Å². The van der Waals surface area contributed by atoms with Crippen molar-refractivity contribution in [2.45, 2.75) is 25.2 Å². The highest BCUT2D eigenvalue weighted by atomic mass is 16.3. The number of nitrogens with zero attached hydrogens (tertiary/aromatic N) is 1. The molecule has 2 nitrogen and oxygen atoms in total. The van der Waals surface area contributed by atoms with E-state index in [2.05, 4.69) is 187 Å². The van der Waals surface area contributed by atoms with E-state index in [9.17, 15) is 0 Å². The summed E-state index contributed by atoms with van der Waals surface area (Å²) in [6.45, 7) is 0. The van der Waals surface area contributed by atoms with Gasteiger partial charge in [0.25, 0.3) is 0 Å². The molecule has 1 atom stereocenters. The highest BCUT2D eigenvalue weighted by molar-refractivity contribution is 6.08. The van der Waals surface area contributed by atoms with Gasteiger partial charge in [-0.15, -0.1) is 0 Å². The van der Waals surface area contributed by atoms with Crippen LogP contribution >= 0.6 is 0 Å². The molecule has 2 aliphatic rings. The van der Waals surface area contributed by atoms with E-state index in [1.54, 1.807) is 0 Å². The van der Waals surface area contributed by atoms with Crippen molar-refractivity contribution in [3.63, 3.8) is 0 Å². The summed E-state index contributed by atoms with van der Waals surface area (Å²) in [5, 5.41) is 4.89. The Balaban J connectivity index is 1.11. The first-order valence-corrected chi connectivity index (χ1v) is 18.3. The van der Waals surface area contributed by atoms with E-state index in [1.807, 2.05) is 0 Å². The zero-order valence-corrected chi connectivity index (χ0v) is 28.9. The van der Waals surface area contributed by atoms with Gasteiger partial charge >= 0.3 is 0 Å². The van der Waals surface area contributed by atoms with Gasteiger partial charge in [0.05, 0.1) is 0 Å². The maximum absolute atomic E-state index is 6.31. The van der Waals surface area contributed by atoms with Crippen molar-refractivity contribution in [3.05, 3.63) is 198 Å². The first-order valence-electron chi connectivity index (χ1n) is 18.3. The average molecular weight is 668 g/mol. The van der Waals surface area contributed by atoms with Crippen molar-refractivity contribution in [2.75, 3.05) is 4.90 Å². The van der Waals surface area contributed by atoms with Gasteiger partial charge in [-0.25, -0.2) is 0 Å². The Kier molecular flexibility index (Phi) is 7.46. The molecule has 0 aliphatic heterocycles. The molecule has 1 unspecified atom stereocenters. The fraction of sp³-hybridized carbons (Fsp3) is 0.0800. The Morgan fingerprint density at radius 2 is 1.33 bits per heavy atom. The highest BCUT2D eigenvalue weighted by Gasteiger charge is 2.24. The van der Waals surface area contributed by atoms with Crippen LogP contribution in [-0.2, 0) is 6.42 Å². The van der Waals surface area contributed by atoms with E-state index in [0.717, 1.165) is 47.5 Å². The van der Waals surface area contributed by atoms with Crippen LogP contribution in [0.2, 0.25) is 0 Å². The third-order valence-electron chi connectivity index (χ3n) is 10.8. The van der Waals surface area contributed by atoms with E-state index >= 15 is 0 Å². The molecule has 2 aliphatic carbocycles. The summed E-state index contributed by atoms with van der Waals surface area (Å²) in [6.07, 6.45) is 14.7. The highest BCUT2D eigenvalue weighted by Crippen LogP contribution is 2.44. The van der Waals surface area contributed by atoms with E-state index < -0.39 is 0 Å².